The monoisotopic (exact) mass is 398 g/mol. The predicted molar refractivity (Wildman–Crippen MR) is 112 cm³/mol. The number of allylic oxidation sites excluding steroid dienone is 1. The Kier molecular flexibility index (Phi) is 5.39. The van der Waals surface area contributed by atoms with Gasteiger partial charge in [0, 0.05) is 22.9 Å². The van der Waals surface area contributed by atoms with Gasteiger partial charge in [0.25, 0.3) is 5.91 Å². The van der Waals surface area contributed by atoms with Crippen LogP contribution < -0.4 is 10.1 Å². The number of hydrogen-bond donors (Lipinski definition) is 1. The quantitative estimate of drug-likeness (QED) is 0.504. The van der Waals surface area contributed by atoms with Gasteiger partial charge in [0.15, 0.2) is 12.4 Å². The van der Waals surface area contributed by atoms with Crippen molar-refractivity contribution >= 4 is 23.5 Å². The van der Waals surface area contributed by atoms with Gasteiger partial charge in [-0.3, -0.25) is 14.3 Å². The minimum atomic E-state index is -0.250. The van der Waals surface area contributed by atoms with Crippen molar-refractivity contribution in [1.82, 2.24) is 9.78 Å². The number of aryl methyl sites for hydroxylation is 1. The van der Waals surface area contributed by atoms with Crippen LogP contribution in [0.25, 0.3) is 17.3 Å². The van der Waals surface area contributed by atoms with Crippen molar-refractivity contribution in [3.05, 3.63) is 71.9 Å². The van der Waals surface area contributed by atoms with E-state index in [1.807, 2.05) is 36.5 Å². The summed E-state index contributed by atoms with van der Waals surface area (Å²) in [5.74, 6) is 0.0848. The molecule has 0 bridgehead atoms. The third kappa shape index (κ3) is 4.13. The molecule has 1 aromatic heterocycles. The van der Waals surface area contributed by atoms with Crippen molar-refractivity contribution in [2.75, 3.05) is 11.9 Å². The van der Waals surface area contributed by atoms with Crippen molar-refractivity contribution in [2.45, 2.75) is 13.0 Å². The maximum Gasteiger partial charge on any atom is 0.262 e. The van der Waals surface area contributed by atoms with Gasteiger partial charge in [0.2, 0.25) is 0 Å². The molecule has 0 saturated carbocycles. The fourth-order valence-corrected chi connectivity index (χ4v) is 3.16. The highest BCUT2D eigenvalue weighted by Gasteiger charge is 2.17. The van der Waals surface area contributed by atoms with E-state index in [-0.39, 0.29) is 18.3 Å². The smallest absolute Gasteiger partial charge is 0.262 e. The summed E-state index contributed by atoms with van der Waals surface area (Å²) >= 11 is 0. The lowest BCUT2D eigenvalue weighted by atomic mass is 10.1. The molecule has 0 aliphatic carbocycles. The van der Waals surface area contributed by atoms with Crippen LogP contribution in [0.5, 0.6) is 5.75 Å². The molecule has 7 nitrogen and oxygen atoms in total. The molecule has 0 atom stereocenters. The van der Waals surface area contributed by atoms with E-state index >= 15 is 0 Å². The molecule has 7 heteroatoms. The average Bonchev–Trinajstić information content (AvgIpc) is 3.19. The third-order valence-corrected chi connectivity index (χ3v) is 4.60. The Bertz CT molecular complexity index is 1170. The number of fused-ring (bicyclic) bond motifs is 1. The van der Waals surface area contributed by atoms with Crippen LogP contribution in [0.3, 0.4) is 0 Å². The number of carbonyl (C=O) groups is 2. The SMILES string of the molecule is N#CCCn1cc(/C=C/C(=O)c2ccc3c(c2)NC(=O)CO3)c(-c2ccccc2)n1. The largest absolute Gasteiger partial charge is 0.482 e. The van der Waals surface area contributed by atoms with E-state index in [9.17, 15) is 9.59 Å². The zero-order valence-electron chi connectivity index (χ0n) is 16.0. The van der Waals surface area contributed by atoms with E-state index in [1.54, 1.807) is 29.0 Å². The Morgan fingerprint density at radius 1 is 1.27 bits per heavy atom. The van der Waals surface area contributed by atoms with Gasteiger partial charge in [-0.15, -0.1) is 0 Å². The van der Waals surface area contributed by atoms with Crippen molar-refractivity contribution in [1.29, 1.82) is 5.26 Å². The third-order valence-electron chi connectivity index (χ3n) is 4.60. The molecule has 0 fully saturated rings. The Morgan fingerprint density at radius 3 is 2.90 bits per heavy atom. The van der Waals surface area contributed by atoms with E-state index in [0.717, 1.165) is 16.8 Å². The maximum atomic E-state index is 12.7. The van der Waals surface area contributed by atoms with Crippen LogP contribution in [0.2, 0.25) is 0 Å². The topological polar surface area (TPSA) is 97.0 Å². The first-order chi connectivity index (χ1) is 14.6. The zero-order chi connectivity index (χ0) is 20.9. The Labute approximate surface area is 173 Å². The molecule has 1 N–H and O–H groups in total. The molecule has 2 aromatic carbocycles. The Hall–Kier alpha value is -4.18. The molecule has 1 aliphatic rings. The highest BCUT2D eigenvalue weighted by atomic mass is 16.5. The van der Waals surface area contributed by atoms with Crippen LogP contribution in [-0.4, -0.2) is 28.1 Å². The first-order valence-corrected chi connectivity index (χ1v) is 9.43. The normalized spacial score (nSPS) is 12.7. The molecule has 148 valence electrons. The van der Waals surface area contributed by atoms with Gasteiger partial charge in [-0.05, 0) is 30.4 Å². The van der Waals surface area contributed by atoms with Crippen LogP contribution in [0.15, 0.2) is 60.8 Å². The molecule has 3 aromatic rings. The highest BCUT2D eigenvalue weighted by Crippen LogP contribution is 2.29. The summed E-state index contributed by atoms with van der Waals surface area (Å²) in [6.45, 7) is 0.445. The number of amides is 1. The lowest BCUT2D eigenvalue weighted by molar-refractivity contribution is -0.118. The predicted octanol–water partition coefficient (Wildman–Crippen LogP) is 3.69. The fraction of sp³-hybridized carbons (Fsp3) is 0.130. The number of hydrogen-bond acceptors (Lipinski definition) is 5. The van der Waals surface area contributed by atoms with Crippen molar-refractivity contribution in [3.63, 3.8) is 0 Å². The van der Waals surface area contributed by atoms with E-state index < -0.39 is 0 Å². The minimum Gasteiger partial charge on any atom is -0.482 e. The number of benzene rings is 2. The van der Waals surface area contributed by atoms with E-state index in [0.29, 0.717) is 30.0 Å². The number of nitrogens with zero attached hydrogens (tertiary/aromatic N) is 3. The number of nitriles is 1. The molecule has 4 rings (SSSR count). The van der Waals surface area contributed by atoms with Gasteiger partial charge < -0.3 is 10.1 Å². The van der Waals surface area contributed by atoms with Crippen LogP contribution in [0, 0.1) is 11.3 Å². The van der Waals surface area contributed by atoms with Crippen LogP contribution in [0.1, 0.15) is 22.3 Å². The lowest BCUT2D eigenvalue weighted by Crippen LogP contribution is -2.25. The molecule has 2 heterocycles. The number of ketones is 1. The number of aromatic nitrogens is 2. The zero-order valence-corrected chi connectivity index (χ0v) is 16.0. The summed E-state index contributed by atoms with van der Waals surface area (Å²) in [5.41, 5.74) is 3.37. The molecule has 30 heavy (non-hydrogen) atoms. The lowest BCUT2D eigenvalue weighted by Gasteiger charge is -2.17. The molecule has 0 saturated heterocycles. The van der Waals surface area contributed by atoms with Gasteiger partial charge in [-0.2, -0.15) is 10.4 Å². The summed E-state index contributed by atoms with van der Waals surface area (Å²) in [4.78, 5) is 24.2. The van der Waals surface area contributed by atoms with Gasteiger partial charge in [-0.1, -0.05) is 30.3 Å². The number of rotatable bonds is 6. The second kappa shape index (κ2) is 8.45. The summed E-state index contributed by atoms with van der Waals surface area (Å²) in [5, 5.41) is 16.1. The fourth-order valence-electron chi connectivity index (χ4n) is 3.16. The maximum absolute atomic E-state index is 12.7. The first-order valence-electron chi connectivity index (χ1n) is 9.43. The van der Waals surface area contributed by atoms with E-state index in [2.05, 4.69) is 16.5 Å². The summed E-state index contributed by atoms with van der Waals surface area (Å²) < 4.78 is 7.03. The first kappa shape index (κ1) is 19.2. The molecule has 1 amide bonds. The molecule has 0 spiro atoms. The number of ether oxygens (including phenoxy) is 1. The summed E-state index contributed by atoms with van der Waals surface area (Å²) in [6, 6.07) is 16.7. The van der Waals surface area contributed by atoms with Crippen molar-refractivity contribution in [3.8, 4) is 23.1 Å². The van der Waals surface area contributed by atoms with Gasteiger partial charge in [0.05, 0.1) is 30.4 Å². The van der Waals surface area contributed by atoms with Gasteiger partial charge in [0.1, 0.15) is 5.75 Å². The summed E-state index contributed by atoms with van der Waals surface area (Å²) in [6.07, 6.45) is 5.37. The Morgan fingerprint density at radius 2 is 2.10 bits per heavy atom. The second-order valence-electron chi connectivity index (χ2n) is 6.72. The second-order valence-corrected chi connectivity index (χ2v) is 6.72. The summed E-state index contributed by atoms with van der Waals surface area (Å²) in [7, 11) is 0. The van der Waals surface area contributed by atoms with Crippen molar-refractivity contribution in [2.24, 2.45) is 0 Å². The molecule has 0 unspecified atom stereocenters. The molecule has 0 radical (unpaired) electrons. The van der Waals surface area contributed by atoms with E-state index in [1.165, 1.54) is 6.08 Å². The number of nitrogens with one attached hydrogen (secondary N) is 1. The average molecular weight is 398 g/mol. The molecular formula is C23H18N4O3. The Balaban J connectivity index is 1.61. The minimum absolute atomic E-state index is 0.0295. The number of carbonyl (C=O) groups excluding carboxylic acids is 2. The standard InChI is InChI=1S/C23H18N4O3/c24-11-4-12-27-14-18(23(26-27)16-5-2-1-3-6-16)7-9-20(28)17-8-10-21-19(13-17)25-22(29)15-30-21/h1-3,5-10,13-14H,4,12,15H2,(H,25,29)/b9-7+. The highest BCUT2D eigenvalue weighted by molar-refractivity contribution is 6.08. The van der Waals surface area contributed by atoms with Crippen LogP contribution >= 0.6 is 0 Å². The van der Waals surface area contributed by atoms with E-state index in [4.69, 9.17) is 10.00 Å². The van der Waals surface area contributed by atoms with Gasteiger partial charge >= 0.3 is 0 Å². The molecular weight excluding hydrogens is 380 g/mol. The van der Waals surface area contributed by atoms with Crippen molar-refractivity contribution < 1.29 is 14.3 Å². The van der Waals surface area contributed by atoms with Crippen LogP contribution in [-0.2, 0) is 11.3 Å². The molecule has 1 aliphatic heterocycles. The van der Waals surface area contributed by atoms with Gasteiger partial charge in [-0.25, -0.2) is 0 Å². The number of anilines is 1. The van der Waals surface area contributed by atoms with Crippen LogP contribution in [0.4, 0.5) is 5.69 Å².